The molecule has 1 aliphatic heterocycles. The van der Waals surface area contributed by atoms with Crippen molar-refractivity contribution in [3.05, 3.63) is 58.1 Å². The van der Waals surface area contributed by atoms with Gasteiger partial charge in [-0.15, -0.1) is 0 Å². The first-order valence-electron chi connectivity index (χ1n) is 11.8. The Morgan fingerprint density at radius 2 is 1.94 bits per heavy atom. The minimum absolute atomic E-state index is 0.186. The Kier molecular flexibility index (Phi) is 6.92. The third-order valence-corrected chi connectivity index (χ3v) is 7.33. The number of rotatable bonds is 8. The predicted octanol–water partition coefficient (Wildman–Crippen LogP) is 5.64. The van der Waals surface area contributed by atoms with Crippen LogP contribution in [0.3, 0.4) is 0 Å². The average molecular weight is 486 g/mol. The van der Waals surface area contributed by atoms with Gasteiger partial charge in [0.2, 0.25) is 0 Å². The number of fused-ring (bicyclic) bond motifs is 1. The number of hydrogen-bond donors (Lipinski definition) is 2. The molecule has 1 unspecified atom stereocenters. The van der Waals surface area contributed by atoms with Crippen molar-refractivity contribution in [1.82, 2.24) is 0 Å². The summed E-state index contributed by atoms with van der Waals surface area (Å²) in [5.74, 6) is 0.154. The summed E-state index contributed by atoms with van der Waals surface area (Å²) in [5.41, 5.74) is 0.411. The number of cyclic esters (lactones) is 1. The second-order valence-corrected chi connectivity index (χ2v) is 10.6. The number of ether oxygens (including phenoxy) is 2. The molecule has 1 aliphatic carbocycles. The number of carbonyl (C=O) groups is 2. The molecule has 7 heteroatoms. The van der Waals surface area contributed by atoms with Crippen molar-refractivity contribution in [3.63, 3.8) is 0 Å². The van der Waals surface area contributed by atoms with E-state index < -0.39 is 16.9 Å². The molecule has 6 nitrogen and oxygen atoms in total. The van der Waals surface area contributed by atoms with Gasteiger partial charge in [-0.25, -0.2) is 4.79 Å². The number of anilines is 1. The van der Waals surface area contributed by atoms with E-state index in [1.807, 2.05) is 26.0 Å². The van der Waals surface area contributed by atoms with Gasteiger partial charge in [0, 0.05) is 21.8 Å². The molecule has 0 saturated heterocycles. The molecule has 1 fully saturated rings. The lowest BCUT2D eigenvalue weighted by Crippen LogP contribution is -2.48. The Balaban J connectivity index is 1.62. The average Bonchev–Trinajstić information content (AvgIpc) is 3.42. The van der Waals surface area contributed by atoms with Crippen molar-refractivity contribution in [2.75, 3.05) is 12.4 Å². The number of amides is 1. The zero-order valence-electron chi connectivity index (χ0n) is 19.9. The van der Waals surface area contributed by atoms with Gasteiger partial charge in [0.05, 0.1) is 12.7 Å². The molecule has 34 heavy (non-hydrogen) atoms. The molecule has 1 heterocycles. The molecule has 0 aromatic heterocycles. The van der Waals surface area contributed by atoms with Gasteiger partial charge in [0.1, 0.15) is 18.0 Å². The summed E-state index contributed by atoms with van der Waals surface area (Å²) in [6, 6.07) is 10.5. The second-order valence-electron chi connectivity index (χ2n) is 10.2. The largest absolute Gasteiger partial charge is 0.496 e. The minimum atomic E-state index is -1.60. The van der Waals surface area contributed by atoms with Gasteiger partial charge in [-0.1, -0.05) is 51.1 Å². The van der Waals surface area contributed by atoms with E-state index in [0.29, 0.717) is 34.4 Å². The lowest BCUT2D eigenvalue weighted by atomic mass is 9.71. The summed E-state index contributed by atoms with van der Waals surface area (Å²) in [6.07, 6.45) is 4.84. The highest BCUT2D eigenvalue weighted by Gasteiger charge is 2.44. The molecule has 0 spiro atoms. The van der Waals surface area contributed by atoms with Gasteiger partial charge in [-0.05, 0) is 60.6 Å². The van der Waals surface area contributed by atoms with E-state index in [0.717, 1.165) is 36.8 Å². The third kappa shape index (κ3) is 5.08. The molecule has 182 valence electrons. The topological polar surface area (TPSA) is 84.9 Å². The number of methoxy groups -OCH3 is 1. The first kappa shape index (κ1) is 24.6. The van der Waals surface area contributed by atoms with Crippen LogP contribution in [0.2, 0.25) is 5.02 Å². The standard InChI is InChI=1S/C27H32ClNO5/c1-26(2,22-13-19(28)8-11-23(22)33-3)16-27(32,14-17-6-4-5-7-17)25(31)29-20-9-10-21-18(12-20)15-34-24(21)30/h8-13,17,32H,4-7,14-16H2,1-3H3,(H,29,31). The molecule has 1 saturated carbocycles. The first-order chi connectivity index (χ1) is 16.1. The van der Waals surface area contributed by atoms with Crippen LogP contribution in [0.4, 0.5) is 5.69 Å². The molecular formula is C27H32ClNO5. The van der Waals surface area contributed by atoms with E-state index in [9.17, 15) is 14.7 Å². The highest BCUT2D eigenvalue weighted by Crippen LogP contribution is 2.43. The van der Waals surface area contributed by atoms with Crippen LogP contribution >= 0.6 is 11.6 Å². The van der Waals surface area contributed by atoms with E-state index in [-0.39, 0.29) is 19.0 Å². The molecular weight excluding hydrogens is 454 g/mol. The number of carbonyl (C=O) groups excluding carboxylic acids is 2. The fraction of sp³-hybridized carbons (Fsp3) is 0.481. The van der Waals surface area contributed by atoms with Gasteiger partial charge in [-0.3, -0.25) is 4.79 Å². The molecule has 4 rings (SSSR count). The molecule has 1 amide bonds. The highest BCUT2D eigenvalue weighted by atomic mass is 35.5. The van der Waals surface area contributed by atoms with E-state index in [2.05, 4.69) is 5.32 Å². The molecule has 1 atom stereocenters. The van der Waals surface area contributed by atoms with Crippen molar-refractivity contribution >= 4 is 29.2 Å². The molecule has 0 bridgehead atoms. The smallest absolute Gasteiger partial charge is 0.338 e. The Bertz CT molecular complexity index is 1090. The van der Waals surface area contributed by atoms with Crippen molar-refractivity contribution < 1.29 is 24.2 Å². The van der Waals surface area contributed by atoms with E-state index >= 15 is 0 Å². The summed E-state index contributed by atoms with van der Waals surface area (Å²) in [6.45, 7) is 4.17. The van der Waals surface area contributed by atoms with E-state index in [1.54, 1.807) is 31.4 Å². The number of benzene rings is 2. The molecule has 0 radical (unpaired) electrons. The van der Waals surface area contributed by atoms with Crippen molar-refractivity contribution in [1.29, 1.82) is 0 Å². The number of nitrogens with one attached hydrogen (secondary N) is 1. The normalized spacial score (nSPS) is 17.7. The van der Waals surface area contributed by atoms with Crippen molar-refractivity contribution in [3.8, 4) is 5.75 Å². The summed E-state index contributed by atoms with van der Waals surface area (Å²) in [7, 11) is 1.60. The third-order valence-electron chi connectivity index (χ3n) is 7.09. The lowest BCUT2D eigenvalue weighted by molar-refractivity contribution is -0.138. The number of aliphatic hydroxyl groups is 1. The monoisotopic (exact) mass is 485 g/mol. The zero-order valence-corrected chi connectivity index (χ0v) is 20.7. The summed E-state index contributed by atoms with van der Waals surface area (Å²) >= 11 is 6.28. The van der Waals surface area contributed by atoms with Crippen molar-refractivity contribution in [2.45, 2.75) is 70.0 Å². The number of hydrogen-bond acceptors (Lipinski definition) is 5. The zero-order chi connectivity index (χ0) is 24.5. The summed E-state index contributed by atoms with van der Waals surface area (Å²) < 4.78 is 10.6. The maximum atomic E-state index is 13.6. The lowest BCUT2D eigenvalue weighted by Gasteiger charge is -2.37. The SMILES string of the molecule is COc1ccc(Cl)cc1C(C)(C)CC(O)(CC1CCCC1)C(=O)Nc1ccc2c(c1)COC2=O. The van der Waals surface area contributed by atoms with Gasteiger partial charge in [0.25, 0.3) is 5.91 Å². The van der Waals surface area contributed by atoms with Gasteiger partial charge < -0.3 is 19.9 Å². The minimum Gasteiger partial charge on any atom is -0.496 e. The van der Waals surface area contributed by atoms with Crippen LogP contribution < -0.4 is 10.1 Å². The van der Waals surface area contributed by atoms with Crippen LogP contribution in [0.15, 0.2) is 36.4 Å². The Hall–Kier alpha value is -2.57. The van der Waals surface area contributed by atoms with Gasteiger partial charge in [-0.2, -0.15) is 0 Å². The maximum Gasteiger partial charge on any atom is 0.338 e. The van der Waals surface area contributed by atoms with E-state index in [1.165, 1.54) is 0 Å². The van der Waals surface area contributed by atoms with Crippen molar-refractivity contribution in [2.24, 2.45) is 5.92 Å². The quantitative estimate of drug-likeness (QED) is 0.473. The Labute approximate surface area is 205 Å². The molecule has 2 aliphatic rings. The van der Waals surface area contributed by atoms with Crippen LogP contribution in [0, 0.1) is 5.92 Å². The second kappa shape index (κ2) is 9.59. The van der Waals surface area contributed by atoms with Crippen LogP contribution in [-0.4, -0.2) is 29.7 Å². The number of halogens is 1. The number of esters is 1. The highest BCUT2D eigenvalue weighted by molar-refractivity contribution is 6.30. The predicted molar refractivity (Wildman–Crippen MR) is 131 cm³/mol. The van der Waals surface area contributed by atoms with Crippen LogP contribution in [0.1, 0.15) is 73.9 Å². The Morgan fingerprint density at radius 1 is 1.21 bits per heavy atom. The first-order valence-corrected chi connectivity index (χ1v) is 12.2. The summed E-state index contributed by atoms with van der Waals surface area (Å²) in [4.78, 5) is 25.4. The molecule has 2 aromatic rings. The van der Waals surface area contributed by atoms with Gasteiger partial charge >= 0.3 is 5.97 Å². The van der Waals surface area contributed by atoms with E-state index in [4.69, 9.17) is 21.1 Å². The van der Waals surface area contributed by atoms with Gasteiger partial charge in [0.15, 0.2) is 0 Å². The fourth-order valence-corrected chi connectivity index (χ4v) is 5.60. The molecule has 2 aromatic carbocycles. The Morgan fingerprint density at radius 3 is 2.65 bits per heavy atom. The van der Waals surface area contributed by atoms with Crippen LogP contribution in [0.25, 0.3) is 0 Å². The summed E-state index contributed by atoms with van der Waals surface area (Å²) in [5, 5.41) is 15.4. The maximum absolute atomic E-state index is 13.6. The fourth-order valence-electron chi connectivity index (χ4n) is 5.43. The van der Waals surface area contributed by atoms with Crippen LogP contribution in [-0.2, 0) is 21.6 Å². The molecule has 2 N–H and O–H groups in total. The van der Waals surface area contributed by atoms with Crippen LogP contribution in [0.5, 0.6) is 5.75 Å².